The number of carbonyl (C=O) groups excluding carboxylic acids is 1. The zero-order chi connectivity index (χ0) is 17.1. The van der Waals surface area contributed by atoms with Crippen molar-refractivity contribution in [3.8, 4) is 0 Å². The van der Waals surface area contributed by atoms with E-state index in [4.69, 9.17) is 5.73 Å². The quantitative estimate of drug-likeness (QED) is 0.909. The molecule has 1 saturated heterocycles. The highest BCUT2D eigenvalue weighted by molar-refractivity contribution is 5.87. The van der Waals surface area contributed by atoms with Crippen LogP contribution >= 0.6 is 0 Å². The highest BCUT2D eigenvalue weighted by Gasteiger charge is 2.33. The normalized spacial score (nSPS) is 18.2. The number of nitrogens with two attached hydrogens (primary N) is 1. The van der Waals surface area contributed by atoms with Crippen molar-refractivity contribution >= 4 is 22.6 Å². The van der Waals surface area contributed by atoms with Crippen LogP contribution in [0.3, 0.4) is 0 Å². The summed E-state index contributed by atoms with van der Waals surface area (Å²) in [6, 6.07) is 7.68. The first kappa shape index (κ1) is 16.6. The second kappa shape index (κ2) is 7.13. The monoisotopic (exact) mass is 327 g/mol. The molecule has 6 heteroatoms. The minimum atomic E-state index is -0.0683. The van der Waals surface area contributed by atoms with Crippen LogP contribution in [0.25, 0.3) is 10.9 Å². The van der Waals surface area contributed by atoms with Crippen LogP contribution in [0.15, 0.2) is 24.3 Å². The Morgan fingerprint density at radius 3 is 2.79 bits per heavy atom. The minimum absolute atomic E-state index is 0.0683. The van der Waals surface area contributed by atoms with Gasteiger partial charge < -0.3 is 10.6 Å². The van der Waals surface area contributed by atoms with Crippen LogP contribution in [0.2, 0.25) is 0 Å². The standard InChI is InChI=1S/C18H25N5O/c1-3-22(4-2)18(24)15-10-7-11-23(15)12-16-20-14-9-6-5-8-13(14)17(19)21-16/h5-6,8-9,15H,3-4,7,10-12H2,1-2H3,(H2,19,20,21). The van der Waals surface area contributed by atoms with Crippen LogP contribution in [-0.2, 0) is 11.3 Å². The molecule has 1 fully saturated rings. The molecule has 0 saturated carbocycles. The van der Waals surface area contributed by atoms with Gasteiger partial charge in [0.05, 0.1) is 18.1 Å². The van der Waals surface area contributed by atoms with E-state index < -0.39 is 0 Å². The number of carbonyl (C=O) groups is 1. The molecule has 3 rings (SSSR count). The number of hydrogen-bond donors (Lipinski definition) is 1. The first-order valence-electron chi connectivity index (χ1n) is 8.68. The zero-order valence-electron chi connectivity index (χ0n) is 14.4. The molecule has 1 aliphatic heterocycles. The molecule has 6 nitrogen and oxygen atoms in total. The maximum Gasteiger partial charge on any atom is 0.239 e. The molecule has 2 heterocycles. The molecule has 1 aliphatic rings. The maximum atomic E-state index is 12.7. The summed E-state index contributed by atoms with van der Waals surface area (Å²) in [5.41, 5.74) is 6.92. The Morgan fingerprint density at radius 1 is 1.29 bits per heavy atom. The van der Waals surface area contributed by atoms with Gasteiger partial charge in [-0.2, -0.15) is 0 Å². The van der Waals surface area contributed by atoms with Gasteiger partial charge in [-0.05, 0) is 45.4 Å². The number of hydrogen-bond acceptors (Lipinski definition) is 5. The number of para-hydroxylation sites is 1. The number of nitrogen functional groups attached to an aromatic ring is 1. The van der Waals surface area contributed by atoms with Gasteiger partial charge in [0.15, 0.2) is 0 Å². The Labute approximate surface area is 142 Å². The molecule has 24 heavy (non-hydrogen) atoms. The summed E-state index contributed by atoms with van der Waals surface area (Å²) in [6.45, 7) is 7.00. The molecule has 0 aliphatic carbocycles. The summed E-state index contributed by atoms with van der Waals surface area (Å²) in [4.78, 5) is 25.9. The third-order valence-corrected chi connectivity index (χ3v) is 4.75. The summed E-state index contributed by atoms with van der Waals surface area (Å²) < 4.78 is 0. The number of benzene rings is 1. The van der Waals surface area contributed by atoms with Gasteiger partial charge in [0.25, 0.3) is 0 Å². The predicted octanol–water partition coefficient (Wildman–Crippen LogP) is 2.04. The Morgan fingerprint density at radius 2 is 2.04 bits per heavy atom. The summed E-state index contributed by atoms with van der Waals surface area (Å²) in [5, 5.41) is 0.874. The molecule has 1 aromatic carbocycles. The number of likely N-dealkylation sites (tertiary alicyclic amines) is 1. The summed E-state index contributed by atoms with van der Waals surface area (Å²) in [7, 11) is 0. The largest absolute Gasteiger partial charge is 0.383 e. The van der Waals surface area contributed by atoms with Crippen molar-refractivity contribution in [3.05, 3.63) is 30.1 Å². The maximum absolute atomic E-state index is 12.7. The van der Waals surface area contributed by atoms with Crippen LogP contribution in [0.1, 0.15) is 32.5 Å². The van der Waals surface area contributed by atoms with E-state index in [-0.39, 0.29) is 11.9 Å². The number of anilines is 1. The predicted molar refractivity (Wildman–Crippen MR) is 95.3 cm³/mol. The van der Waals surface area contributed by atoms with Crippen LogP contribution in [-0.4, -0.2) is 51.4 Å². The molecule has 1 aromatic heterocycles. The van der Waals surface area contributed by atoms with E-state index >= 15 is 0 Å². The molecule has 2 aromatic rings. The first-order chi connectivity index (χ1) is 11.6. The van der Waals surface area contributed by atoms with E-state index in [0.717, 1.165) is 43.4 Å². The van der Waals surface area contributed by atoms with Crippen molar-refractivity contribution in [1.29, 1.82) is 0 Å². The van der Waals surface area contributed by atoms with Gasteiger partial charge in [0.1, 0.15) is 11.6 Å². The summed E-state index contributed by atoms with van der Waals surface area (Å²) >= 11 is 0. The lowest BCUT2D eigenvalue weighted by molar-refractivity contribution is -0.135. The molecule has 1 amide bonds. The van der Waals surface area contributed by atoms with Crippen molar-refractivity contribution in [2.24, 2.45) is 0 Å². The third-order valence-electron chi connectivity index (χ3n) is 4.75. The average Bonchev–Trinajstić information content (AvgIpc) is 3.04. The molecule has 0 bridgehead atoms. The van der Waals surface area contributed by atoms with E-state index in [2.05, 4.69) is 14.9 Å². The highest BCUT2D eigenvalue weighted by atomic mass is 16.2. The fourth-order valence-corrected chi connectivity index (χ4v) is 3.44. The van der Waals surface area contributed by atoms with Crippen molar-refractivity contribution in [2.75, 3.05) is 25.4 Å². The Balaban J connectivity index is 1.81. The van der Waals surface area contributed by atoms with Crippen LogP contribution < -0.4 is 5.73 Å². The molecular weight excluding hydrogens is 302 g/mol. The van der Waals surface area contributed by atoms with Gasteiger partial charge >= 0.3 is 0 Å². The summed E-state index contributed by atoms with van der Waals surface area (Å²) in [6.07, 6.45) is 1.93. The number of aromatic nitrogens is 2. The highest BCUT2D eigenvalue weighted by Crippen LogP contribution is 2.23. The van der Waals surface area contributed by atoms with Gasteiger partial charge in [-0.3, -0.25) is 9.69 Å². The summed E-state index contributed by atoms with van der Waals surface area (Å²) in [5.74, 6) is 1.40. The number of fused-ring (bicyclic) bond motifs is 1. The third kappa shape index (κ3) is 3.19. The Kier molecular flexibility index (Phi) is 4.94. The number of amides is 1. The Bertz CT molecular complexity index is 728. The Hall–Kier alpha value is -2.21. The second-order valence-corrected chi connectivity index (χ2v) is 6.18. The molecule has 0 spiro atoms. The van der Waals surface area contributed by atoms with Gasteiger partial charge in [-0.15, -0.1) is 0 Å². The molecule has 128 valence electrons. The molecule has 1 atom stereocenters. The number of likely N-dealkylation sites (N-methyl/N-ethyl adjacent to an activating group) is 1. The topological polar surface area (TPSA) is 75.4 Å². The van der Waals surface area contributed by atoms with Crippen LogP contribution in [0.4, 0.5) is 5.82 Å². The van der Waals surface area contributed by atoms with Crippen LogP contribution in [0.5, 0.6) is 0 Å². The van der Waals surface area contributed by atoms with Crippen molar-refractivity contribution in [1.82, 2.24) is 19.8 Å². The second-order valence-electron chi connectivity index (χ2n) is 6.18. The van der Waals surface area contributed by atoms with Gasteiger partial charge in [-0.25, -0.2) is 9.97 Å². The molecule has 2 N–H and O–H groups in total. The van der Waals surface area contributed by atoms with Gasteiger partial charge in [-0.1, -0.05) is 12.1 Å². The van der Waals surface area contributed by atoms with E-state index in [1.165, 1.54) is 0 Å². The van der Waals surface area contributed by atoms with E-state index in [0.29, 0.717) is 18.2 Å². The molecule has 1 unspecified atom stereocenters. The van der Waals surface area contributed by atoms with Crippen LogP contribution in [0, 0.1) is 0 Å². The van der Waals surface area contributed by atoms with E-state index in [1.807, 2.05) is 43.0 Å². The lowest BCUT2D eigenvalue weighted by atomic mass is 10.2. The van der Waals surface area contributed by atoms with Gasteiger partial charge in [0, 0.05) is 18.5 Å². The fourth-order valence-electron chi connectivity index (χ4n) is 3.44. The minimum Gasteiger partial charge on any atom is -0.383 e. The van der Waals surface area contributed by atoms with E-state index in [1.54, 1.807) is 0 Å². The SMILES string of the molecule is CCN(CC)C(=O)C1CCCN1Cc1nc(N)c2ccccc2n1. The lowest BCUT2D eigenvalue weighted by Gasteiger charge is -2.28. The number of nitrogens with zero attached hydrogens (tertiary/aromatic N) is 4. The van der Waals surface area contributed by atoms with Crippen molar-refractivity contribution in [3.63, 3.8) is 0 Å². The number of rotatable bonds is 5. The first-order valence-corrected chi connectivity index (χ1v) is 8.68. The average molecular weight is 327 g/mol. The fraction of sp³-hybridized carbons (Fsp3) is 0.500. The van der Waals surface area contributed by atoms with Crippen molar-refractivity contribution in [2.45, 2.75) is 39.3 Å². The molecular formula is C18H25N5O. The zero-order valence-corrected chi connectivity index (χ0v) is 14.4. The van der Waals surface area contributed by atoms with Crippen molar-refractivity contribution < 1.29 is 4.79 Å². The lowest BCUT2D eigenvalue weighted by Crippen LogP contribution is -2.45. The smallest absolute Gasteiger partial charge is 0.239 e. The van der Waals surface area contributed by atoms with E-state index in [9.17, 15) is 4.79 Å². The van der Waals surface area contributed by atoms with Gasteiger partial charge in [0.2, 0.25) is 5.91 Å². The molecule has 0 radical (unpaired) electrons.